The zero-order valence-corrected chi connectivity index (χ0v) is 20.9. The number of halogens is 1. The van der Waals surface area contributed by atoms with Crippen LogP contribution in [-0.2, 0) is 10.2 Å². The van der Waals surface area contributed by atoms with Gasteiger partial charge >= 0.3 is 6.09 Å². The van der Waals surface area contributed by atoms with Crippen LogP contribution in [0.1, 0.15) is 17.5 Å². The van der Waals surface area contributed by atoms with Gasteiger partial charge in [0.2, 0.25) is 6.23 Å². The van der Waals surface area contributed by atoms with Gasteiger partial charge in [0.05, 0.1) is 35.8 Å². The van der Waals surface area contributed by atoms with Crippen LogP contribution in [0.3, 0.4) is 0 Å². The van der Waals surface area contributed by atoms with Gasteiger partial charge in [-0.05, 0) is 36.4 Å². The fraction of sp³-hybridized carbons (Fsp3) is 0.250. The van der Waals surface area contributed by atoms with Crippen molar-refractivity contribution >= 4 is 17.6 Å². The van der Waals surface area contributed by atoms with E-state index in [-0.39, 0.29) is 18.4 Å². The molecule has 40 heavy (non-hydrogen) atoms. The predicted octanol–water partition coefficient (Wildman–Crippen LogP) is 3.43. The molecule has 2 saturated heterocycles. The maximum Gasteiger partial charge on any atom is 0.416 e. The quantitative estimate of drug-likeness (QED) is 0.378. The Labute approximate surface area is 227 Å². The second-order valence-electron chi connectivity index (χ2n) is 10.0. The molecule has 1 amide bonds. The highest BCUT2D eigenvalue weighted by atomic mass is 19.1. The molecule has 0 radical (unpaired) electrons. The normalized spacial score (nSPS) is 24.8. The van der Waals surface area contributed by atoms with Crippen LogP contribution < -0.4 is 9.80 Å². The molecule has 2 unspecified atom stereocenters. The summed E-state index contributed by atoms with van der Waals surface area (Å²) >= 11 is 0. The summed E-state index contributed by atoms with van der Waals surface area (Å²) in [4.78, 5) is 24.8. The molecule has 1 saturated carbocycles. The topological polar surface area (TPSA) is 137 Å². The van der Waals surface area contributed by atoms with Crippen LogP contribution in [0.25, 0.3) is 11.1 Å². The minimum atomic E-state index is -0.680. The maximum atomic E-state index is 15.2. The summed E-state index contributed by atoms with van der Waals surface area (Å²) in [6, 6.07) is 16.3. The van der Waals surface area contributed by atoms with Gasteiger partial charge in [-0.25, -0.2) is 18.9 Å². The zero-order valence-electron chi connectivity index (χ0n) is 20.9. The number of fused-ring (bicyclic) bond motifs is 1. The number of carbonyl (C=O) groups is 1. The van der Waals surface area contributed by atoms with Crippen LogP contribution in [0.15, 0.2) is 67.3 Å². The molecule has 3 aliphatic rings. The number of piperidine rings is 1. The summed E-state index contributed by atoms with van der Waals surface area (Å²) in [5, 5.41) is 26.7. The Balaban J connectivity index is 1.06. The third-order valence-electron chi connectivity index (χ3n) is 8.06. The second-order valence-corrected chi connectivity index (χ2v) is 10.0. The molecule has 11 nitrogen and oxygen atoms in total. The highest BCUT2D eigenvalue weighted by molar-refractivity contribution is 5.90. The predicted molar refractivity (Wildman–Crippen MR) is 138 cm³/mol. The van der Waals surface area contributed by atoms with Crippen molar-refractivity contribution < 1.29 is 13.9 Å². The molecule has 0 bridgehead atoms. The number of nitriles is 2. The fourth-order valence-corrected chi connectivity index (χ4v) is 5.93. The number of ether oxygens (including phenoxy) is 1. The number of nitrogens with zero attached hydrogens (tertiary/aromatic N) is 9. The number of benzene rings is 1. The molecule has 12 heteroatoms. The summed E-state index contributed by atoms with van der Waals surface area (Å²) in [6.07, 6.45) is 4.98. The van der Waals surface area contributed by atoms with Gasteiger partial charge < -0.3 is 9.64 Å². The molecular formula is C28H20FN9O2. The van der Waals surface area contributed by atoms with Crippen LogP contribution in [0, 0.1) is 40.3 Å². The van der Waals surface area contributed by atoms with E-state index in [4.69, 9.17) is 10.00 Å². The largest absolute Gasteiger partial charge is 0.421 e. The van der Waals surface area contributed by atoms with Crippen molar-refractivity contribution in [2.45, 2.75) is 11.6 Å². The monoisotopic (exact) mass is 533 g/mol. The summed E-state index contributed by atoms with van der Waals surface area (Å²) in [5.74, 6) is 0.515. The molecule has 1 aromatic carbocycles. The number of pyridine rings is 2. The zero-order chi connectivity index (χ0) is 27.4. The lowest BCUT2D eigenvalue weighted by Crippen LogP contribution is -2.30. The van der Waals surface area contributed by atoms with Gasteiger partial charge in [0.15, 0.2) is 0 Å². The minimum Gasteiger partial charge on any atom is -0.421 e. The van der Waals surface area contributed by atoms with Crippen LogP contribution in [0.5, 0.6) is 0 Å². The average molecular weight is 534 g/mol. The van der Waals surface area contributed by atoms with Crippen molar-refractivity contribution in [1.29, 1.82) is 10.5 Å². The Morgan fingerprint density at radius 1 is 1.02 bits per heavy atom. The number of carbonyl (C=O) groups excluding carboxylic acids is 1. The third-order valence-corrected chi connectivity index (χ3v) is 8.06. The molecule has 0 N–H and O–H groups in total. The van der Waals surface area contributed by atoms with E-state index in [1.165, 1.54) is 21.8 Å². The van der Waals surface area contributed by atoms with Crippen molar-refractivity contribution in [3.63, 3.8) is 0 Å². The number of amides is 1. The number of hydrogen-bond acceptors (Lipinski definition) is 9. The van der Waals surface area contributed by atoms with Gasteiger partial charge in [0.1, 0.15) is 23.1 Å². The van der Waals surface area contributed by atoms with Gasteiger partial charge in [-0.1, -0.05) is 11.3 Å². The number of aromatic nitrogens is 5. The Kier molecular flexibility index (Phi) is 5.25. The van der Waals surface area contributed by atoms with E-state index in [1.807, 2.05) is 6.07 Å². The van der Waals surface area contributed by atoms with E-state index in [9.17, 15) is 10.1 Å². The first-order valence-electron chi connectivity index (χ1n) is 12.6. The van der Waals surface area contributed by atoms with Crippen molar-refractivity contribution in [2.75, 3.05) is 29.4 Å². The van der Waals surface area contributed by atoms with Crippen molar-refractivity contribution in [2.24, 2.45) is 11.8 Å². The SMILES string of the molecule is N#Cc1ccc(N2C[C@@H]3[C@H](C2)C3(C#N)c2ccc(-c3ccc(N4CC(n5ccnn5)OC4=O)cc3F)cn2)nc1. The summed E-state index contributed by atoms with van der Waals surface area (Å²) in [7, 11) is 0. The van der Waals surface area contributed by atoms with Gasteiger partial charge in [0.25, 0.3) is 0 Å². The minimum absolute atomic E-state index is 0.117. The summed E-state index contributed by atoms with van der Waals surface area (Å²) < 4.78 is 22.0. The van der Waals surface area contributed by atoms with E-state index >= 15 is 4.39 Å². The second kappa shape index (κ2) is 8.85. The molecule has 4 atom stereocenters. The molecule has 2 aliphatic heterocycles. The number of anilines is 2. The van der Waals surface area contributed by atoms with Gasteiger partial charge in [-0.15, -0.1) is 5.10 Å². The molecule has 3 aromatic heterocycles. The smallest absolute Gasteiger partial charge is 0.416 e. The van der Waals surface area contributed by atoms with Gasteiger partial charge in [-0.3, -0.25) is 9.88 Å². The van der Waals surface area contributed by atoms with Crippen LogP contribution >= 0.6 is 0 Å². The van der Waals surface area contributed by atoms with E-state index in [2.05, 4.69) is 37.3 Å². The summed E-state index contributed by atoms with van der Waals surface area (Å²) in [5.41, 5.74) is 1.78. The Bertz CT molecular complexity index is 1680. The van der Waals surface area contributed by atoms with Crippen molar-refractivity contribution in [3.05, 3.63) is 84.3 Å². The van der Waals surface area contributed by atoms with E-state index < -0.39 is 23.6 Å². The lowest BCUT2D eigenvalue weighted by Gasteiger charge is -2.23. The highest BCUT2D eigenvalue weighted by Gasteiger charge is 2.71. The lowest BCUT2D eigenvalue weighted by molar-refractivity contribution is 0.0922. The fourth-order valence-electron chi connectivity index (χ4n) is 5.93. The van der Waals surface area contributed by atoms with Crippen LogP contribution in [0.2, 0.25) is 0 Å². The first kappa shape index (κ1) is 23.7. The van der Waals surface area contributed by atoms with Gasteiger partial charge in [-0.2, -0.15) is 10.5 Å². The summed E-state index contributed by atoms with van der Waals surface area (Å²) in [6.45, 7) is 1.52. The highest BCUT2D eigenvalue weighted by Crippen LogP contribution is 2.63. The molecule has 5 heterocycles. The van der Waals surface area contributed by atoms with Crippen LogP contribution in [0.4, 0.5) is 20.7 Å². The van der Waals surface area contributed by atoms with E-state index in [1.54, 1.807) is 48.9 Å². The van der Waals surface area contributed by atoms with E-state index in [0.29, 0.717) is 41.2 Å². The van der Waals surface area contributed by atoms with E-state index in [0.717, 1.165) is 5.82 Å². The van der Waals surface area contributed by atoms with Crippen molar-refractivity contribution in [3.8, 4) is 23.3 Å². The Hall–Kier alpha value is -5.36. The molecule has 196 valence electrons. The molecule has 0 spiro atoms. The molecular weight excluding hydrogens is 513 g/mol. The van der Waals surface area contributed by atoms with Crippen LogP contribution in [-0.4, -0.2) is 50.7 Å². The maximum absolute atomic E-state index is 15.2. The standard InChI is InChI=1S/C28H20FN9O2/c29-23-9-19(37-15-26(40-27(37)39)38-8-7-34-35-38)3-4-20(23)18-2-5-24(32-12-18)28(16-31)21-13-36(14-22(21)28)25-6-1-17(10-30)11-33-25/h1-9,11-12,21-22,26H,13-15H2/t21-,22+,26?,28?. The first-order chi connectivity index (χ1) is 19.5. The van der Waals surface area contributed by atoms with Gasteiger partial charge in [0, 0.05) is 54.6 Å². The third kappa shape index (κ3) is 3.57. The molecule has 7 rings (SSSR count). The molecule has 3 fully saturated rings. The average Bonchev–Trinajstić information content (AvgIpc) is 3.52. The number of rotatable bonds is 5. The number of cyclic esters (lactones) is 1. The molecule has 4 aromatic rings. The lowest BCUT2D eigenvalue weighted by atomic mass is 9.95. The number of hydrogen-bond donors (Lipinski definition) is 0. The van der Waals surface area contributed by atoms with Crippen molar-refractivity contribution in [1.82, 2.24) is 25.0 Å². The Morgan fingerprint density at radius 2 is 1.88 bits per heavy atom. The molecule has 1 aliphatic carbocycles. The first-order valence-corrected chi connectivity index (χ1v) is 12.6. The Morgan fingerprint density at radius 3 is 2.50 bits per heavy atom.